The lowest BCUT2D eigenvalue weighted by Crippen LogP contribution is -2.31. The number of ketones is 1. The molecule has 3 nitrogen and oxygen atoms in total. The fourth-order valence-corrected chi connectivity index (χ4v) is 3.98. The van der Waals surface area contributed by atoms with Crippen LogP contribution in [0.25, 0.3) is 0 Å². The maximum Gasteiger partial charge on any atom is 0.204 e. The monoisotopic (exact) mass is 328 g/mol. The molecule has 0 amide bonds. The summed E-state index contributed by atoms with van der Waals surface area (Å²) in [5, 5.41) is 3.36. The number of hydrogen-bond donors (Lipinski definition) is 2. The molecule has 1 aromatic heterocycles. The number of allylic oxidation sites excluding steroid dienone is 2. The number of H-pyrrole nitrogens is 1. The Morgan fingerprint density at radius 3 is 3.06 bits per heavy atom. The van der Waals surface area contributed by atoms with Crippen molar-refractivity contribution in [3.63, 3.8) is 0 Å². The summed E-state index contributed by atoms with van der Waals surface area (Å²) in [6.45, 7) is 5.23. The highest BCUT2D eigenvalue weighted by Gasteiger charge is 2.49. The summed E-state index contributed by atoms with van der Waals surface area (Å²) in [7, 11) is 0. The zero-order valence-corrected chi connectivity index (χ0v) is 11.4. The number of fused-ring (bicyclic) bond motifs is 3. The number of aryl methyl sites for hydroxylation is 1. The number of aromatic amines is 1. The van der Waals surface area contributed by atoms with Gasteiger partial charge < -0.3 is 10.3 Å². The van der Waals surface area contributed by atoms with Gasteiger partial charge in [-0.1, -0.05) is 29.5 Å². The molecule has 1 aromatic rings. The zero-order valence-electron chi connectivity index (χ0n) is 9.23. The van der Waals surface area contributed by atoms with Crippen LogP contribution >= 0.6 is 22.6 Å². The van der Waals surface area contributed by atoms with E-state index < -0.39 is 0 Å². The fraction of sp³-hybridized carbons (Fsp3) is 0.417. The summed E-state index contributed by atoms with van der Waals surface area (Å²) in [6, 6.07) is 0. The van der Waals surface area contributed by atoms with Crippen molar-refractivity contribution >= 4 is 28.4 Å². The first kappa shape index (κ1) is 10.4. The summed E-state index contributed by atoms with van der Waals surface area (Å²) < 4.78 is -0.0505. The molecule has 0 bridgehead atoms. The third kappa shape index (κ3) is 1.06. The van der Waals surface area contributed by atoms with Gasteiger partial charge in [-0.2, -0.15) is 0 Å². The summed E-state index contributed by atoms with van der Waals surface area (Å²) in [6.07, 6.45) is 3.68. The van der Waals surface area contributed by atoms with Crippen molar-refractivity contribution in [2.75, 3.05) is 6.54 Å². The number of carbonyl (C=O) groups excluding carboxylic acids is 1. The second-order valence-electron chi connectivity index (χ2n) is 4.64. The van der Waals surface area contributed by atoms with Crippen molar-refractivity contribution in [2.45, 2.75) is 17.3 Å². The second-order valence-corrected chi connectivity index (χ2v) is 6.34. The van der Waals surface area contributed by atoms with E-state index in [2.05, 4.69) is 46.7 Å². The van der Waals surface area contributed by atoms with Crippen LogP contribution in [0.3, 0.4) is 0 Å². The quantitative estimate of drug-likeness (QED) is 0.567. The highest BCUT2D eigenvalue weighted by Crippen LogP contribution is 2.52. The predicted molar refractivity (Wildman–Crippen MR) is 70.8 cm³/mol. The van der Waals surface area contributed by atoms with E-state index in [4.69, 9.17) is 0 Å². The fourth-order valence-electron chi connectivity index (χ4n) is 2.72. The van der Waals surface area contributed by atoms with Crippen LogP contribution in [0, 0.1) is 12.8 Å². The zero-order chi connectivity index (χ0) is 11.5. The minimum absolute atomic E-state index is 0.0505. The molecule has 1 fully saturated rings. The number of rotatable bonds is 0. The summed E-state index contributed by atoms with van der Waals surface area (Å²) in [5.74, 6) is 0.590. The van der Waals surface area contributed by atoms with Gasteiger partial charge >= 0.3 is 0 Å². The average molecular weight is 328 g/mol. The second kappa shape index (κ2) is 3.12. The molecule has 2 atom stereocenters. The number of carbonyl (C=O) groups is 1. The number of hydrogen-bond acceptors (Lipinski definition) is 2. The largest absolute Gasteiger partial charge is 0.387 e. The minimum atomic E-state index is -0.0505. The van der Waals surface area contributed by atoms with Gasteiger partial charge in [0.05, 0.1) is 9.12 Å². The van der Waals surface area contributed by atoms with Gasteiger partial charge in [0.1, 0.15) is 0 Å². The average Bonchev–Trinajstić information content (AvgIpc) is 2.75. The van der Waals surface area contributed by atoms with E-state index in [9.17, 15) is 4.79 Å². The molecule has 84 valence electrons. The molecule has 2 heterocycles. The standard InChI is InChI=1S/C12H13IN2O/c1-6-4-15-11-8(16)3-9-12(13,10(6)11)7(2)5-14-9/h3-4,7,14-15H,5H2,1-2H3. The van der Waals surface area contributed by atoms with Crippen LogP contribution in [0.2, 0.25) is 0 Å². The molecular formula is C12H13IN2O. The molecule has 1 aliphatic heterocycles. The van der Waals surface area contributed by atoms with E-state index >= 15 is 0 Å². The first-order valence-electron chi connectivity index (χ1n) is 5.43. The smallest absolute Gasteiger partial charge is 0.204 e. The normalized spacial score (nSPS) is 31.8. The topological polar surface area (TPSA) is 44.9 Å². The number of nitrogens with one attached hydrogen (secondary N) is 2. The lowest BCUT2D eigenvalue weighted by molar-refractivity contribution is 0.103. The summed E-state index contributed by atoms with van der Waals surface area (Å²) in [5.41, 5.74) is 4.19. The third-order valence-corrected chi connectivity index (χ3v) is 5.82. The number of aromatic nitrogens is 1. The van der Waals surface area contributed by atoms with Gasteiger partial charge in [0.25, 0.3) is 0 Å². The maximum atomic E-state index is 11.9. The lowest BCUT2D eigenvalue weighted by atomic mass is 9.82. The molecule has 0 aromatic carbocycles. The van der Waals surface area contributed by atoms with Crippen LogP contribution in [0.5, 0.6) is 0 Å². The third-order valence-electron chi connectivity index (χ3n) is 3.63. The Balaban J connectivity index is 2.32. The Morgan fingerprint density at radius 2 is 2.31 bits per heavy atom. The van der Waals surface area contributed by atoms with Crippen molar-refractivity contribution in [2.24, 2.45) is 5.92 Å². The molecule has 0 spiro atoms. The molecule has 0 radical (unpaired) electrons. The minimum Gasteiger partial charge on any atom is -0.387 e. The van der Waals surface area contributed by atoms with E-state index in [0.29, 0.717) is 5.92 Å². The Labute approximate surface area is 108 Å². The van der Waals surface area contributed by atoms with Gasteiger partial charge in [-0.25, -0.2) is 0 Å². The number of halogens is 1. The Kier molecular flexibility index (Phi) is 2.02. The van der Waals surface area contributed by atoms with Crippen LogP contribution in [0.1, 0.15) is 28.5 Å². The van der Waals surface area contributed by atoms with Gasteiger partial charge in [-0.3, -0.25) is 4.79 Å². The molecule has 2 aliphatic rings. The first-order chi connectivity index (χ1) is 7.55. The molecular weight excluding hydrogens is 315 g/mol. The highest BCUT2D eigenvalue weighted by molar-refractivity contribution is 14.1. The van der Waals surface area contributed by atoms with E-state index in [-0.39, 0.29) is 9.20 Å². The van der Waals surface area contributed by atoms with Crippen LogP contribution in [0.4, 0.5) is 0 Å². The van der Waals surface area contributed by atoms with Crippen molar-refractivity contribution < 1.29 is 4.79 Å². The van der Waals surface area contributed by atoms with Crippen molar-refractivity contribution in [3.05, 3.63) is 34.8 Å². The Morgan fingerprint density at radius 1 is 1.56 bits per heavy atom. The molecule has 1 saturated heterocycles. The molecule has 1 aliphatic carbocycles. The first-order valence-corrected chi connectivity index (χ1v) is 6.50. The summed E-state index contributed by atoms with van der Waals surface area (Å²) in [4.78, 5) is 15.0. The lowest BCUT2D eigenvalue weighted by Gasteiger charge is -2.31. The van der Waals surface area contributed by atoms with Gasteiger partial charge in [-0.15, -0.1) is 0 Å². The molecule has 2 N–H and O–H groups in total. The Bertz CT molecular complexity index is 517. The number of alkyl halides is 1. The maximum absolute atomic E-state index is 11.9. The predicted octanol–water partition coefficient (Wildman–Crippen LogP) is 2.27. The molecule has 3 rings (SSSR count). The van der Waals surface area contributed by atoms with E-state index in [1.807, 2.05) is 6.20 Å². The van der Waals surface area contributed by atoms with Crippen LogP contribution < -0.4 is 5.32 Å². The molecule has 2 unspecified atom stereocenters. The van der Waals surface area contributed by atoms with Crippen LogP contribution in [0.15, 0.2) is 18.0 Å². The van der Waals surface area contributed by atoms with E-state index in [0.717, 1.165) is 17.9 Å². The molecule has 16 heavy (non-hydrogen) atoms. The van der Waals surface area contributed by atoms with Gasteiger partial charge in [0.15, 0.2) is 0 Å². The van der Waals surface area contributed by atoms with Gasteiger partial charge in [0, 0.05) is 30.1 Å². The van der Waals surface area contributed by atoms with E-state index in [1.165, 1.54) is 11.1 Å². The van der Waals surface area contributed by atoms with Crippen molar-refractivity contribution in [1.82, 2.24) is 10.3 Å². The summed E-state index contributed by atoms with van der Waals surface area (Å²) >= 11 is 2.49. The van der Waals surface area contributed by atoms with Crippen LogP contribution in [-0.4, -0.2) is 17.3 Å². The molecule has 0 saturated carbocycles. The SMILES string of the molecule is Cc1c[nH]c2c1C1(I)C(=CC2=O)NCC1C. The van der Waals surface area contributed by atoms with Crippen molar-refractivity contribution in [1.29, 1.82) is 0 Å². The van der Waals surface area contributed by atoms with Gasteiger partial charge in [0.2, 0.25) is 5.78 Å². The Hall–Kier alpha value is -0.780. The van der Waals surface area contributed by atoms with Gasteiger partial charge in [-0.05, 0) is 18.4 Å². The van der Waals surface area contributed by atoms with Crippen LogP contribution in [-0.2, 0) is 3.42 Å². The highest BCUT2D eigenvalue weighted by atomic mass is 127. The van der Waals surface area contributed by atoms with E-state index in [1.54, 1.807) is 6.08 Å². The van der Waals surface area contributed by atoms with Crippen molar-refractivity contribution in [3.8, 4) is 0 Å². The molecule has 4 heteroatoms.